The molecule has 0 saturated carbocycles. The molecule has 1 nitrogen and oxygen atoms in total. The number of allylic oxidation sites excluding steroid dienone is 3. The highest BCUT2D eigenvalue weighted by atomic mass is 127. The topological polar surface area (TPSA) is 20.2 Å². The Bertz CT molecular complexity index is 218. The molecule has 68 valence electrons. The van der Waals surface area contributed by atoms with Gasteiger partial charge >= 0.3 is 0 Å². The van der Waals surface area contributed by atoms with E-state index in [4.69, 9.17) is 0 Å². The first-order chi connectivity index (χ1) is 5.50. The van der Waals surface area contributed by atoms with Crippen molar-refractivity contribution in [2.75, 3.05) is 6.61 Å². The van der Waals surface area contributed by atoms with E-state index < -0.39 is 0 Å². The Hall–Kier alpha value is 0.170. The van der Waals surface area contributed by atoms with Crippen LogP contribution >= 0.6 is 22.6 Å². The predicted molar refractivity (Wildman–Crippen MR) is 60.4 cm³/mol. The summed E-state index contributed by atoms with van der Waals surface area (Å²) < 4.78 is 0.0146. The van der Waals surface area contributed by atoms with Gasteiger partial charge in [-0.2, -0.15) is 0 Å². The summed E-state index contributed by atoms with van der Waals surface area (Å²) >= 11 is 2.38. The van der Waals surface area contributed by atoms with Crippen LogP contribution in [0.5, 0.6) is 0 Å². The van der Waals surface area contributed by atoms with Gasteiger partial charge in [-0.15, -0.1) is 0 Å². The molecule has 0 amide bonds. The summed E-state index contributed by atoms with van der Waals surface area (Å²) in [6, 6.07) is 0. The second-order valence-corrected chi connectivity index (χ2v) is 5.85. The van der Waals surface area contributed by atoms with Gasteiger partial charge in [0.1, 0.15) is 0 Å². The number of halogens is 1. The molecule has 0 aromatic carbocycles. The standard InChI is InChI=1S/C10H15IO/c1-7-4-5-8(2)10(3,11)9(7)6-12/h4-5,7,9,12H,2,6H2,1,3H3/t7-,9-,10-/m0/s1. The summed E-state index contributed by atoms with van der Waals surface area (Å²) in [7, 11) is 0. The molecule has 1 rings (SSSR count). The van der Waals surface area contributed by atoms with Gasteiger partial charge in [0.15, 0.2) is 0 Å². The van der Waals surface area contributed by atoms with Crippen LogP contribution in [0.3, 0.4) is 0 Å². The molecule has 0 aliphatic heterocycles. The normalized spacial score (nSPS) is 41.8. The van der Waals surface area contributed by atoms with E-state index in [1.807, 2.05) is 0 Å². The fraction of sp³-hybridized carbons (Fsp3) is 0.600. The summed E-state index contributed by atoms with van der Waals surface area (Å²) in [5.74, 6) is 0.748. The molecule has 3 atom stereocenters. The first-order valence-electron chi connectivity index (χ1n) is 4.17. The van der Waals surface area contributed by atoms with Crippen molar-refractivity contribution >= 4 is 22.6 Å². The number of aliphatic hydroxyl groups excluding tert-OH is 1. The van der Waals surface area contributed by atoms with E-state index in [0.717, 1.165) is 5.57 Å². The van der Waals surface area contributed by atoms with Crippen molar-refractivity contribution in [1.29, 1.82) is 0 Å². The summed E-state index contributed by atoms with van der Waals surface area (Å²) in [4.78, 5) is 0. The first kappa shape index (κ1) is 10.3. The minimum atomic E-state index is 0.0146. The van der Waals surface area contributed by atoms with Crippen LogP contribution in [0.2, 0.25) is 0 Å². The zero-order chi connectivity index (χ0) is 9.35. The Morgan fingerprint density at radius 3 is 2.75 bits per heavy atom. The van der Waals surface area contributed by atoms with Crippen LogP contribution in [0.15, 0.2) is 24.3 Å². The highest BCUT2D eigenvalue weighted by Gasteiger charge is 2.37. The van der Waals surface area contributed by atoms with Crippen molar-refractivity contribution in [3.63, 3.8) is 0 Å². The lowest BCUT2D eigenvalue weighted by atomic mass is 9.76. The highest BCUT2D eigenvalue weighted by molar-refractivity contribution is 14.1. The Morgan fingerprint density at radius 1 is 1.75 bits per heavy atom. The number of hydrogen-bond acceptors (Lipinski definition) is 1. The van der Waals surface area contributed by atoms with E-state index in [0.29, 0.717) is 11.8 Å². The summed E-state index contributed by atoms with van der Waals surface area (Å²) in [6.45, 7) is 8.51. The third-order valence-electron chi connectivity index (χ3n) is 2.76. The lowest BCUT2D eigenvalue weighted by molar-refractivity contribution is 0.181. The van der Waals surface area contributed by atoms with Crippen LogP contribution in [-0.4, -0.2) is 15.1 Å². The summed E-state index contributed by atoms with van der Waals surface area (Å²) in [6.07, 6.45) is 4.20. The molecule has 0 saturated heterocycles. The van der Waals surface area contributed by atoms with Crippen LogP contribution in [0.1, 0.15) is 13.8 Å². The van der Waals surface area contributed by atoms with Crippen molar-refractivity contribution in [2.24, 2.45) is 11.8 Å². The Morgan fingerprint density at radius 2 is 2.33 bits per heavy atom. The third-order valence-corrected chi connectivity index (χ3v) is 4.25. The molecule has 0 radical (unpaired) electrons. The maximum atomic E-state index is 9.24. The van der Waals surface area contributed by atoms with E-state index in [1.165, 1.54) is 0 Å². The van der Waals surface area contributed by atoms with Crippen LogP contribution in [0.4, 0.5) is 0 Å². The molecule has 0 aromatic heterocycles. The van der Waals surface area contributed by atoms with Crippen LogP contribution < -0.4 is 0 Å². The molecule has 0 bridgehead atoms. The van der Waals surface area contributed by atoms with Gasteiger partial charge in [-0.25, -0.2) is 0 Å². The summed E-state index contributed by atoms with van der Waals surface area (Å²) in [5, 5.41) is 9.24. The second kappa shape index (κ2) is 3.50. The molecule has 1 aliphatic rings. The number of aliphatic hydroxyl groups is 1. The van der Waals surface area contributed by atoms with E-state index in [1.54, 1.807) is 0 Å². The van der Waals surface area contributed by atoms with Crippen LogP contribution in [0, 0.1) is 11.8 Å². The predicted octanol–water partition coefficient (Wildman–Crippen LogP) is 2.55. The Labute approximate surface area is 87.7 Å². The van der Waals surface area contributed by atoms with Gasteiger partial charge in [-0.1, -0.05) is 48.2 Å². The molecule has 1 N–H and O–H groups in total. The molecule has 2 heteroatoms. The molecule has 0 spiro atoms. The van der Waals surface area contributed by atoms with Gasteiger partial charge in [0.05, 0.1) is 0 Å². The average Bonchev–Trinajstić information content (AvgIpc) is 1.98. The maximum absolute atomic E-state index is 9.24. The fourth-order valence-corrected chi connectivity index (χ4v) is 2.58. The number of rotatable bonds is 1. The lowest BCUT2D eigenvalue weighted by Gasteiger charge is -2.38. The molecular weight excluding hydrogens is 263 g/mol. The first-order valence-corrected chi connectivity index (χ1v) is 5.25. The Kier molecular flexibility index (Phi) is 2.99. The van der Waals surface area contributed by atoms with E-state index >= 15 is 0 Å². The van der Waals surface area contributed by atoms with Crippen molar-refractivity contribution in [3.8, 4) is 0 Å². The van der Waals surface area contributed by atoms with E-state index in [2.05, 4.69) is 55.2 Å². The number of alkyl halides is 1. The minimum absolute atomic E-state index is 0.0146. The zero-order valence-electron chi connectivity index (χ0n) is 7.55. The quantitative estimate of drug-likeness (QED) is 0.577. The van der Waals surface area contributed by atoms with Gasteiger partial charge < -0.3 is 5.11 Å². The Balaban J connectivity index is 2.97. The van der Waals surface area contributed by atoms with Crippen molar-refractivity contribution in [3.05, 3.63) is 24.3 Å². The van der Waals surface area contributed by atoms with Gasteiger partial charge in [0.2, 0.25) is 0 Å². The smallest absolute Gasteiger partial charge is 0.0491 e. The van der Waals surface area contributed by atoms with Gasteiger partial charge in [-0.3, -0.25) is 0 Å². The number of hydrogen-bond donors (Lipinski definition) is 1. The summed E-state index contributed by atoms with van der Waals surface area (Å²) in [5.41, 5.74) is 1.11. The van der Waals surface area contributed by atoms with Crippen molar-refractivity contribution in [1.82, 2.24) is 0 Å². The zero-order valence-corrected chi connectivity index (χ0v) is 9.71. The van der Waals surface area contributed by atoms with Crippen molar-refractivity contribution < 1.29 is 5.11 Å². The minimum Gasteiger partial charge on any atom is -0.396 e. The third kappa shape index (κ3) is 1.59. The molecule has 0 heterocycles. The lowest BCUT2D eigenvalue weighted by Crippen LogP contribution is -2.38. The molecule has 0 aromatic rings. The molecule has 1 aliphatic carbocycles. The monoisotopic (exact) mass is 278 g/mol. The van der Waals surface area contributed by atoms with Gasteiger partial charge in [0, 0.05) is 15.9 Å². The molecule has 0 unspecified atom stereocenters. The highest BCUT2D eigenvalue weighted by Crippen LogP contribution is 2.42. The fourth-order valence-electron chi connectivity index (χ4n) is 1.63. The van der Waals surface area contributed by atoms with Crippen molar-refractivity contribution in [2.45, 2.75) is 17.3 Å². The maximum Gasteiger partial charge on any atom is 0.0491 e. The van der Waals surface area contributed by atoms with Gasteiger partial charge in [0.25, 0.3) is 0 Å². The van der Waals surface area contributed by atoms with Crippen LogP contribution in [0.25, 0.3) is 0 Å². The van der Waals surface area contributed by atoms with E-state index in [9.17, 15) is 5.11 Å². The average molecular weight is 278 g/mol. The SMILES string of the molecule is C=C1C=C[C@H](C)[C@H](CO)[C@@]1(C)I. The van der Waals surface area contributed by atoms with E-state index in [-0.39, 0.29) is 10.0 Å². The van der Waals surface area contributed by atoms with Gasteiger partial charge in [-0.05, 0) is 18.4 Å². The van der Waals surface area contributed by atoms with Crippen LogP contribution in [-0.2, 0) is 0 Å². The molecule has 12 heavy (non-hydrogen) atoms. The second-order valence-electron chi connectivity index (χ2n) is 3.61. The largest absolute Gasteiger partial charge is 0.396 e. The molecular formula is C10H15IO. The molecule has 0 fully saturated rings.